The van der Waals surface area contributed by atoms with Crippen LogP contribution in [-0.4, -0.2) is 50.7 Å². The minimum atomic E-state index is 0. The number of likely N-dealkylation sites (tertiary alicyclic amines) is 1. The van der Waals surface area contributed by atoms with Gasteiger partial charge in [0.05, 0.1) is 6.61 Å². The van der Waals surface area contributed by atoms with Crippen LogP contribution in [0.15, 0.2) is 23.2 Å². The lowest BCUT2D eigenvalue weighted by Gasteiger charge is -2.18. The first kappa shape index (κ1) is 23.0. The van der Waals surface area contributed by atoms with Gasteiger partial charge in [-0.2, -0.15) is 0 Å². The predicted molar refractivity (Wildman–Crippen MR) is 121 cm³/mol. The van der Waals surface area contributed by atoms with E-state index in [-0.39, 0.29) is 24.0 Å². The summed E-state index contributed by atoms with van der Waals surface area (Å²) >= 11 is 0. The summed E-state index contributed by atoms with van der Waals surface area (Å²) < 4.78 is 5.75. The van der Waals surface area contributed by atoms with E-state index >= 15 is 0 Å². The van der Waals surface area contributed by atoms with Crippen LogP contribution in [0, 0.1) is 12.8 Å². The van der Waals surface area contributed by atoms with Crippen molar-refractivity contribution >= 4 is 29.9 Å². The second kappa shape index (κ2) is 12.4. The van der Waals surface area contributed by atoms with Crippen LogP contribution in [0.4, 0.5) is 0 Å². The average Bonchev–Trinajstić information content (AvgIpc) is 3.05. The Hall–Kier alpha value is -1.02. The molecule has 26 heavy (non-hydrogen) atoms. The molecule has 1 aromatic carbocycles. The lowest BCUT2D eigenvalue weighted by Crippen LogP contribution is -2.40. The molecule has 1 aliphatic rings. The van der Waals surface area contributed by atoms with Crippen LogP contribution in [0.2, 0.25) is 0 Å². The first-order valence-corrected chi connectivity index (χ1v) is 9.55. The molecule has 1 aromatic rings. The molecule has 1 saturated heterocycles. The number of hydrogen-bond donors (Lipinski definition) is 2. The van der Waals surface area contributed by atoms with Crippen molar-refractivity contribution in [3.63, 3.8) is 0 Å². The van der Waals surface area contributed by atoms with Crippen molar-refractivity contribution in [1.29, 1.82) is 0 Å². The number of ether oxygens (including phenoxy) is 1. The van der Waals surface area contributed by atoms with Crippen molar-refractivity contribution in [2.45, 2.75) is 40.2 Å². The minimum Gasteiger partial charge on any atom is -0.494 e. The highest BCUT2D eigenvalue weighted by Gasteiger charge is 2.21. The fourth-order valence-corrected chi connectivity index (χ4v) is 3.34. The molecule has 1 atom stereocenters. The van der Waals surface area contributed by atoms with Gasteiger partial charge in [0.2, 0.25) is 0 Å². The van der Waals surface area contributed by atoms with Gasteiger partial charge in [-0.1, -0.05) is 19.1 Å². The zero-order valence-electron chi connectivity index (χ0n) is 16.7. The Bertz CT molecular complexity index is 565. The largest absolute Gasteiger partial charge is 0.494 e. The summed E-state index contributed by atoms with van der Waals surface area (Å²) in [5, 5.41) is 6.89. The molecule has 0 amide bonds. The lowest BCUT2D eigenvalue weighted by atomic mass is 10.1. The second-order valence-corrected chi connectivity index (χ2v) is 6.81. The van der Waals surface area contributed by atoms with E-state index in [1.165, 1.54) is 38.0 Å². The number of halogens is 1. The van der Waals surface area contributed by atoms with E-state index in [2.05, 4.69) is 52.6 Å². The summed E-state index contributed by atoms with van der Waals surface area (Å²) in [7, 11) is 1.83. The van der Waals surface area contributed by atoms with E-state index in [4.69, 9.17) is 4.74 Å². The molecule has 148 valence electrons. The smallest absolute Gasteiger partial charge is 0.191 e. The molecule has 1 aliphatic heterocycles. The van der Waals surface area contributed by atoms with Crippen molar-refractivity contribution in [3.05, 3.63) is 29.3 Å². The first-order chi connectivity index (χ1) is 12.2. The molecular formula is C20H35IN4O. The maximum atomic E-state index is 5.75. The lowest BCUT2D eigenvalue weighted by molar-refractivity contribution is 0.324. The monoisotopic (exact) mass is 474 g/mol. The maximum Gasteiger partial charge on any atom is 0.191 e. The molecule has 0 radical (unpaired) electrons. The van der Waals surface area contributed by atoms with E-state index in [0.29, 0.717) is 19.1 Å². The van der Waals surface area contributed by atoms with Gasteiger partial charge in [-0.25, -0.2) is 0 Å². The summed E-state index contributed by atoms with van der Waals surface area (Å²) in [5.41, 5.74) is 2.37. The number of aliphatic imine (C=N–C) groups is 1. The Labute approximate surface area is 176 Å². The third kappa shape index (κ3) is 7.31. The second-order valence-electron chi connectivity index (χ2n) is 6.81. The molecule has 5 nitrogen and oxygen atoms in total. The van der Waals surface area contributed by atoms with Crippen molar-refractivity contribution < 1.29 is 4.74 Å². The van der Waals surface area contributed by atoms with Crippen molar-refractivity contribution in [2.75, 3.05) is 39.8 Å². The number of rotatable bonds is 8. The molecule has 0 aliphatic carbocycles. The van der Waals surface area contributed by atoms with Crippen LogP contribution in [0.25, 0.3) is 0 Å². The van der Waals surface area contributed by atoms with Crippen molar-refractivity contribution in [2.24, 2.45) is 10.9 Å². The van der Waals surface area contributed by atoms with E-state index in [0.717, 1.165) is 23.8 Å². The van der Waals surface area contributed by atoms with Crippen LogP contribution >= 0.6 is 24.0 Å². The molecule has 0 aromatic heterocycles. The highest BCUT2D eigenvalue weighted by atomic mass is 127. The van der Waals surface area contributed by atoms with Gasteiger partial charge in [-0.15, -0.1) is 24.0 Å². The number of hydrogen-bond acceptors (Lipinski definition) is 3. The summed E-state index contributed by atoms with van der Waals surface area (Å²) in [5.74, 6) is 2.52. The third-order valence-electron chi connectivity index (χ3n) is 4.66. The Kier molecular flexibility index (Phi) is 11.0. The van der Waals surface area contributed by atoms with Gasteiger partial charge in [0.1, 0.15) is 5.75 Å². The van der Waals surface area contributed by atoms with Crippen LogP contribution in [0.3, 0.4) is 0 Å². The maximum absolute atomic E-state index is 5.75. The number of guanidine groups is 1. The van der Waals surface area contributed by atoms with Crippen molar-refractivity contribution in [3.8, 4) is 5.75 Å². The van der Waals surface area contributed by atoms with Crippen LogP contribution in [0.5, 0.6) is 5.75 Å². The molecule has 6 heteroatoms. The summed E-state index contributed by atoms with van der Waals surface area (Å²) in [6.07, 6.45) is 2.51. The number of benzene rings is 1. The van der Waals surface area contributed by atoms with E-state index in [1.54, 1.807) is 0 Å². The highest BCUT2D eigenvalue weighted by molar-refractivity contribution is 14.0. The summed E-state index contributed by atoms with van der Waals surface area (Å²) in [4.78, 5) is 6.91. The number of aryl methyl sites for hydroxylation is 1. The van der Waals surface area contributed by atoms with Crippen LogP contribution < -0.4 is 15.4 Å². The van der Waals surface area contributed by atoms with Crippen molar-refractivity contribution in [1.82, 2.24) is 15.5 Å². The van der Waals surface area contributed by atoms with E-state index < -0.39 is 0 Å². The highest BCUT2D eigenvalue weighted by Crippen LogP contribution is 2.20. The number of nitrogens with one attached hydrogen (secondary N) is 2. The molecule has 0 bridgehead atoms. The molecule has 2 rings (SSSR count). The Balaban J connectivity index is 0.00000338. The molecule has 2 N–H and O–H groups in total. The zero-order valence-corrected chi connectivity index (χ0v) is 19.0. The SMILES string of the molecule is CCCN1CCC(CNC(=NC)NCc2ccc(C)cc2OCC)C1.I. The quantitative estimate of drug-likeness (QED) is 0.345. The zero-order chi connectivity index (χ0) is 18.1. The topological polar surface area (TPSA) is 48.9 Å². The standard InChI is InChI=1S/C20H34N4O.HI/c1-5-10-24-11-9-17(15-24)13-22-20(21-4)23-14-18-8-7-16(3)12-19(18)25-6-2;/h7-8,12,17H,5-6,9-11,13-15H2,1-4H3,(H2,21,22,23);1H. The van der Waals surface area contributed by atoms with Gasteiger partial charge < -0.3 is 20.3 Å². The normalized spacial score (nSPS) is 17.7. The third-order valence-corrected chi connectivity index (χ3v) is 4.66. The number of nitrogens with zero attached hydrogens (tertiary/aromatic N) is 2. The molecule has 0 spiro atoms. The Morgan fingerprint density at radius 2 is 2.12 bits per heavy atom. The fourth-order valence-electron chi connectivity index (χ4n) is 3.34. The van der Waals surface area contributed by atoms with Gasteiger partial charge in [-0.3, -0.25) is 4.99 Å². The van der Waals surface area contributed by atoms with Gasteiger partial charge in [0.25, 0.3) is 0 Å². The minimum absolute atomic E-state index is 0. The van der Waals surface area contributed by atoms with Gasteiger partial charge in [0.15, 0.2) is 5.96 Å². The molecule has 1 unspecified atom stereocenters. The summed E-state index contributed by atoms with van der Waals surface area (Å²) in [6, 6.07) is 6.34. The fraction of sp³-hybridized carbons (Fsp3) is 0.650. The van der Waals surface area contributed by atoms with Gasteiger partial charge >= 0.3 is 0 Å². The first-order valence-electron chi connectivity index (χ1n) is 9.55. The van der Waals surface area contributed by atoms with Crippen LogP contribution in [-0.2, 0) is 6.54 Å². The van der Waals surface area contributed by atoms with Gasteiger partial charge in [-0.05, 0) is 57.3 Å². The molecular weight excluding hydrogens is 439 g/mol. The predicted octanol–water partition coefficient (Wildman–Crippen LogP) is 3.41. The Morgan fingerprint density at radius 3 is 2.81 bits per heavy atom. The molecule has 0 saturated carbocycles. The van der Waals surface area contributed by atoms with E-state index in [9.17, 15) is 0 Å². The summed E-state index contributed by atoms with van der Waals surface area (Å²) in [6.45, 7) is 12.4. The molecule has 1 heterocycles. The van der Waals surface area contributed by atoms with Gasteiger partial charge in [0, 0.05) is 32.2 Å². The molecule has 1 fully saturated rings. The van der Waals surface area contributed by atoms with Crippen LogP contribution in [0.1, 0.15) is 37.8 Å². The Morgan fingerprint density at radius 1 is 1.31 bits per heavy atom. The average molecular weight is 474 g/mol. The van der Waals surface area contributed by atoms with E-state index in [1.807, 2.05) is 14.0 Å².